The van der Waals surface area contributed by atoms with Gasteiger partial charge in [-0.2, -0.15) is 0 Å². The molecule has 3 nitrogen and oxygen atoms in total. The van der Waals surface area contributed by atoms with Crippen molar-refractivity contribution in [2.75, 3.05) is 7.05 Å². The number of aromatic nitrogens is 1. The fourth-order valence-electron chi connectivity index (χ4n) is 2.17. The van der Waals surface area contributed by atoms with Crippen molar-refractivity contribution < 1.29 is 4.42 Å². The van der Waals surface area contributed by atoms with Gasteiger partial charge in [0, 0.05) is 11.6 Å². The Bertz CT molecular complexity index is 675. The van der Waals surface area contributed by atoms with Crippen molar-refractivity contribution in [3.05, 3.63) is 65.1 Å². The van der Waals surface area contributed by atoms with Crippen LogP contribution in [0.1, 0.15) is 17.5 Å². The van der Waals surface area contributed by atoms with E-state index in [4.69, 9.17) is 16.0 Å². The Kier molecular flexibility index (Phi) is 3.23. The average Bonchev–Trinajstić information content (AvgIpc) is 2.85. The van der Waals surface area contributed by atoms with E-state index in [-0.39, 0.29) is 6.04 Å². The number of fused-ring (bicyclic) bond motifs is 1. The van der Waals surface area contributed by atoms with Gasteiger partial charge in [0.1, 0.15) is 17.4 Å². The van der Waals surface area contributed by atoms with Crippen molar-refractivity contribution in [3.8, 4) is 0 Å². The summed E-state index contributed by atoms with van der Waals surface area (Å²) >= 11 is 6.20. The second-order valence-corrected chi connectivity index (χ2v) is 4.69. The van der Waals surface area contributed by atoms with Crippen molar-refractivity contribution in [2.45, 2.75) is 6.04 Å². The highest BCUT2D eigenvalue weighted by molar-refractivity contribution is 6.31. The molecule has 0 aliphatic heterocycles. The molecule has 0 aliphatic carbocycles. The van der Waals surface area contributed by atoms with E-state index in [1.54, 1.807) is 6.20 Å². The molecule has 0 aliphatic rings. The number of benzene rings is 1. The highest BCUT2D eigenvalue weighted by Gasteiger charge is 2.20. The lowest BCUT2D eigenvalue weighted by Crippen LogP contribution is -2.18. The van der Waals surface area contributed by atoms with Gasteiger partial charge in [0.25, 0.3) is 0 Å². The summed E-state index contributed by atoms with van der Waals surface area (Å²) in [5.74, 6) is 0.810. The van der Waals surface area contributed by atoms with Gasteiger partial charge >= 0.3 is 0 Å². The van der Waals surface area contributed by atoms with Crippen molar-refractivity contribution in [3.63, 3.8) is 0 Å². The molecule has 1 aromatic carbocycles. The van der Waals surface area contributed by atoms with Crippen LogP contribution in [0, 0.1) is 0 Å². The van der Waals surface area contributed by atoms with Gasteiger partial charge in [0.15, 0.2) is 0 Å². The summed E-state index contributed by atoms with van der Waals surface area (Å²) in [6, 6.07) is 13.4. The van der Waals surface area contributed by atoms with Gasteiger partial charge in [-0.25, -0.2) is 0 Å². The normalized spacial score (nSPS) is 12.7. The minimum Gasteiger partial charge on any atom is -0.459 e. The molecule has 1 N–H and O–H groups in total. The molecule has 19 heavy (non-hydrogen) atoms. The van der Waals surface area contributed by atoms with Crippen LogP contribution in [0.4, 0.5) is 0 Å². The van der Waals surface area contributed by atoms with E-state index < -0.39 is 0 Å². The third-order valence-electron chi connectivity index (χ3n) is 3.08. The lowest BCUT2D eigenvalue weighted by Gasteiger charge is -2.13. The van der Waals surface area contributed by atoms with Gasteiger partial charge < -0.3 is 9.73 Å². The SMILES string of the molecule is CNC(c1cc2ccccc2o1)c1ncccc1Cl. The first-order chi connectivity index (χ1) is 9.29. The summed E-state index contributed by atoms with van der Waals surface area (Å²) < 4.78 is 5.87. The first kappa shape index (κ1) is 12.2. The Hall–Kier alpha value is -1.84. The maximum atomic E-state index is 6.20. The lowest BCUT2D eigenvalue weighted by molar-refractivity contribution is 0.486. The first-order valence-corrected chi connectivity index (χ1v) is 6.43. The van der Waals surface area contributed by atoms with Crippen LogP contribution in [0.15, 0.2) is 53.1 Å². The number of furan rings is 1. The lowest BCUT2D eigenvalue weighted by atomic mass is 10.1. The second kappa shape index (κ2) is 5.03. The highest BCUT2D eigenvalue weighted by atomic mass is 35.5. The Morgan fingerprint density at radius 3 is 2.79 bits per heavy atom. The van der Waals surface area contributed by atoms with Crippen LogP contribution in [0.2, 0.25) is 5.02 Å². The van der Waals surface area contributed by atoms with Gasteiger partial charge in [-0.1, -0.05) is 29.8 Å². The number of hydrogen-bond donors (Lipinski definition) is 1. The summed E-state index contributed by atoms with van der Waals surface area (Å²) in [6.45, 7) is 0. The van der Waals surface area contributed by atoms with Gasteiger partial charge in [-0.05, 0) is 31.3 Å². The van der Waals surface area contributed by atoms with Crippen LogP contribution in [0.3, 0.4) is 0 Å². The molecule has 2 heterocycles. The molecule has 2 aromatic heterocycles. The van der Waals surface area contributed by atoms with E-state index >= 15 is 0 Å². The van der Waals surface area contributed by atoms with Gasteiger partial charge in [-0.3, -0.25) is 4.98 Å². The number of pyridine rings is 1. The number of para-hydroxylation sites is 1. The van der Waals surface area contributed by atoms with Crippen LogP contribution >= 0.6 is 11.6 Å². The third kappa shape index (κ3) is 2.23. The van der Waals surface area contributed by atoms with Gasteiger partial charge in [-0.15, -0.1) is 0 Å². The fourth-order valence-corrected chi connectivity index (χ4v) is 2.40. The van der Waals surface area contributed by atoms with Crippen LogP contribution in [0.5, 0.6) is 0 Å². The fraction of sp³-hybridized carbons (Fsp3) is 0.133. The van der Waals surface area contributed by atoms with Crippen LogP contribution < -0.4 is 5.32 Å². The topological polar surface area (TPSA) is 38.1 Å². The summed E-state index contributed by atoms with van der Waals surface area (Å²) in [4.78, 5) is 4.34. The molecule has 0 spiro atoms. The van der Waals surface area contributed by atoms with E-state index in [1.165, 1.54) is 0 Å². The molecule has 0 fully saturated rings. The largest absolute Gasteiger partial charge is 0.459 e. The van der Waals surface area contributed by atoms with Crippen LogP contribution in [0.25, 0.3) is 11.0 Å². The highest BCUT2D eigenvalue weighted by Crippen LogP contribution is 2.30. The number of nitrogens with one attached hydrogen (secondary N) is 1. The summed E-state index contributed by atoms with van der Waals surface area (Å²) in [7, 11) is 1.86. The predicted molar refractivity (Wildman–Crippen MR) is 76.4 cm³/mol. The van der Waals surface area contributed by atoms with Crippen LogP contribution in [-0.4, -0.2) is 12.0 Å². The average molecular weight is 273 g/mol. The molecule has 0 saturated carbocycles. The first-order valence-electron chi connectivity index (χ1n) is 6.06. The van der Waals surface area contributed by atoms with Gasteiger partial charge in [0.2, 0.25) is 0 Å². The monoisotopic (exact) mass is 272 g/mol. The number of nitrogens with zero attached hydrogens (tertiary/aromatic N) is 1. The molecule has 1 atom stereocenters. The minimum absolute atomic E-state index is 0.152. The molecule has 3 rings (SSSR count). The zero-order chi connectivity index (χ0) is 13.2. The van der Waals surface area contributed by atoms with Crippen molar-refractivity contribution in [1.29, 1.82) is 0 Å². The maximum absolute atomic E-state index is 6.20. The smallest absolute Gasteiger partial charge is 0.134 e. The molecule has 0 saturated heterocycles. The Labute approximate surface area is 116 Å². The summed E-state index contributed by atoms with van der Waals surface area (Å²) in [5, 5.41) is 4.90. The predicted octanol–water partition coefficient (Wildman–Crippen LogP) is 3.79. The Morgan fingerprint density at radius 1 is 1.21 bits per heavy atom. The Balaban J connectivity index is 2.09. The molecule has 3 aromatic rings. The maximum Gasteiger partial charge on any atom is 0.134 e. The molecule has 0 amide bonds. The quantitative estimate of drug-likeness (QED) is 0.788. The van der Waals surface area contributed by atoms with E-state index in [2.05, 4.69) is 10.3 Å². The summed E-state index contributed by atoms with van der Waals surface area (Å²) in [6.07, 6.45) is 1.73. The number of hydrogen-bond acceptors (Lipinski definition) is 3. The molecule has 1 unspecified atom stereocenters. The third-order valence-corrected chi connectivity index (χ3v) is 3.40. The zero-order valence-electron chi connectivity index (χ0n) is 10.4. The molecular weight excluding hydrogens is 260 g/mol. The number of halogens is 1. The molecule has 96 valence electrons. The molecular formula is C15H13ClN2O. The van der Waals surface area contributed by atoms with Crippen molar-refractivity contribution in [2.24, 2.45) is 0 Å². The van der Waals surface area contributed by atoms with Gasteiger partial charge in [0.05, 0.1) is 10.7 Å². The van der Waals surface area contributed by atoms with E-state index in [9.17, 15) is 0 Å². The van der Waals surface area contributed by atoms with Crippen molar-refractivity contribution >= 4 is 22.6 Å². The Morgan fingerprint density at radius 2 is 2.05 bits per heavy atom. The van der Waals surface area contributed by atoms with Crippen LogP contribution in [-0.2, 0) is 0 Å². The number of rotatable bonds is 3. The van der Waals surface area contributed by atoms with Crippen molar-refractivity contribution in [1.82, 2.24) is 10.3 Å². The molecule has 0 bridgehead atoms. The second-order valence-electron chi connectivity index (χ2n) is 4.28. The molecule has 4 heteroatoms. The minimum atomic E-state index is -0.152. The zero-order valence-corrected chi connectivity index (χ0v) is 11.2. The standard InChI is InChI=1S/C15H13ClN2O/c1-17-15(14-11(16)6-4-8-18-14)13-9-10-5-2-3-7-12(10)19-13/h2-9,15,17H,1H3. The molecule has 0 radical (unpaired) electrons. The van der Waals surface area contributed by atoms with E-state index in [0.717, 1.165) is 22.4 Å². The summed E-state index contributed by atoms with van der Waals surface area (Å²) in [5.41, 5.74) is 1.63. The van der Waals surface area contributed by atoms with E-state index in [1.807, 2.05) is 49.5 Å². The van der Waals surface area contributed by atoms with E-state index in [0.29, 0.717) is 5.02 Å².